The number of H-pyrrole nitrogens is 1. The molecule has 8 nitrogen and oxygen atoms in total. The fourth-order valence-electron chi connectivity index (χ4n) is 1.98. The molecule has 22 heavy (non-hydrogen) atoms. The maximum absolute atomic E-state index is 5.94. The molecule has 0 unspecified atom stereocenters. The van der Waals surface area contributed by atoms with Crippen LogP contribution in [0.15, 0.2) is 40.6 Å². The van der Waals surface area contributed by atoms with Crippen LogP contribution < -0.4 is 15.2 Å². The maximum atomic E-state index is 5.94. The fourth-order valence-corrected chi connectivity index (χ4v) is 1.98. The molecule has 1 heterocycles. The number of fused-ring (bicyclic) bond motifs is 1. The molecule has 0 fully saturated rings. The largest absolute Gasteiger partial charge is 0.497 e. The highest BCUT2D eigenvalue weighted by Crippen LogP contribution is 2.33. The first-order valence-corrected chi connectivity index (χ1v) is 6.45. The molecule has 8 heteroatoms. The van der Waals surface area contributed by atoms with E-state index in [4.69, 9.17) is 15.2 Å². The van der Waals surface area contributed by atoms with Crippen LogP contribution in [0.25, 0.3) is 11.0 Å². The smallest absolute Gasteiger partial charge is 0.142 e. The van der Waals surface area contributed by atoms with Crippen LogP contribution in [-0.4, -0.2) is 29.6 Å². The van der Waals surface area contributed by atoms with Crippen molar-refractivity contribution in [2.45, 2.75) is 0 Å². The molecule has 3 rings (SSSR count). The number of aromatic nitrogens is 3. The van der Waals surface area contributed by atoms with Crippen LogP contribution in [-0.2, 0) is 0 Å². The van der Waals surface area contributed by atoms with Gasteiger partial charge in [-0.05, 0) is 12.1 Å². The van der Waals surface area contributed by atoms with Gasteiger partial charge >= 0.3 is 0 Å². The van der Waals surface area contributed by atoms with Gasteiger partial charge in [-0.2, -0.15) is 20.5 Å². The van der Waals surface area contributed by atoms with Crippen LogP contribution in [0.4, 0.5) is 17.1 Å². The highest BCUT2D eigenvalue weighted by atomic mass is 16.5. The van der Waals surface area contributed by atoms with Gasteiger partial charge in [-0.1, -0.05) is 0 Å². The van der Waals surface area contributed by atoms with Crippen molar-refractivity contribution >= 4 is 28.1 Å². The topological polar surface area (TPSA) is 111 Å². The third-order valence-corrected chi connectivity index (χ3v) is 3.10. The molecule has 0 radical (unpaired) electrons. The lowest BCUT2D eigenvalue weighted by Crippen LogP contribution is -1.87. The number of nitrogen functional groups attached to an aromatic ring is 1. The minimum absolute atomic E-state index is 0.466. The molecule has 3 aromatic rings. The van der Waals surface area contributed by atoms with Crippen LogP contribution in [0.3, 0.4) is 0 Å². The first-order valence-electron chi connectivity index (χ1n) is 6.45. The Hall–Kier alpha value is -3.16. The molecule has 0 bridgehead atoms. The summed E-state index contributed by atoms with van der Waals surface area (Å²) in [4.78, 5) is 0. The van der Waals surface area contributed by atoms with Gasteiger partial charge in [0.05, 0.1) is 25.6 Å². The number of hydrogen-bond acceptors (Lipinski definition) is 7. The third-order valence-electron chi connectivity index (χ3n) is 3.10. The van der Waals surface area contributed by atoms with Gasteiger partial charge in [0, 0.05) is 18.2 Å². The Morgan fingerprint density at radius 3 is 2.41 bits per heavy atom. The average molecular weight is 298 g/mol. The van der Waals surface area contributed by atoms with Crippen molar-refractivity contribution in [1.82, 2.24) is 15.4 Å². The molecule has 0 atom stereocenters. The molecular formula is C14H14N6O2. The van der Waals surface area contributed by atoms with E-state index in [1.165, 1.54) is 0 Å². The SMILES string of the molecule is COc1cc(N=Nc2c(N)ccc3n[nH]nc23)cc(OC)c1. The summed E-state index contributed by atoms with van der Waals surface area (Å²) in [6, 6.07) is 8.72. The van der Waals surface area contributed by atoms with E-state index in [1.54, 1.807) is 44.6 Å². The fraction of sp³-hybridized carbons (Fsp3) is 0.143. The molecule has 0 spiro atoms. The zero-order valence-corrected chi connectivity index (χ0v) is 12.1. The highest BCUT2D eigenvalue weighted by molar-refractivity contribution is 5.92. The number of aromatic amines is 1. The molecule has 0 saturated heterocycles. The number of azo groups is 1. The summed E-state index contributed by atoms with van der Waals surface area (Å²) in [7, 11) is 3.15. The monoisotopic (exact) mass is 298 g/mol. The predicted octanol–water partition coefficient (Wildman–Crippen LogP) is 2.97. The standard InChI is InChI=1S/C14H14N6O2/c1-21-9-5-8(6-10(7-9)22-2)16-18-13-11(15)3-4-12-14(13)19-20-17-12/h3-7H,15H2,1-2H3,(H,17,19,20). The summed E-state index contributed by atoms with van der Waals surface area (Å²) >= 11 is 0. The molecule has 0 saturated carbocycles. The van der Waals surface area contributed by atoms with Crippen LogP contribution in [0.5, 0.6) is 11.5 Å². The lowest BCUT2D eigenvalue weighted by atomic mass is 10.2. The van der Waals surface area contributed by atoms with Gasteiger partial charge < -0.3 is 15.2 Å². The summed E-state index contributed by atoms with van der Waals surface area (Å²) < 4.78 is 10.4. The van der Waals surface area contributed by atoms with Gasteiger partial charge in [-0.15, -0.1) is 5.11 Å². The van der Waals surface area contributed by atoms with Crippen LogP contribution >= 0.6 is 0 Å². The highest BCUT2D eigenvalue weighted by Gasteiger charge is 2.08. The van der Waals surface area contributed by atoms with E-state index in [0.29, 0.717) is 39.6 Å². The summed E-state index contributed by atoms with van der Waals surface area (Å²) in [6.45, 7) is 0. The third kappa shape index (κ3) is 2.53. The van der Waals surface area contributed by atoms with Gasteiger partial charge in [-0.3, -0.25) is 0 Å². The van der Waals surface area contributed by atoms with Gasteiger partial charge in [0.15, 0.2) is 0 Å². The Balaban J connectivity index is 2.02. The Morgan fingerprint density at radius 2 is 1.73 bits per heavy atom. The molecule has 1 aromatic heterocycles. The molecule has 0 aliphatic rings. The first kappa shape index (κ1) is 13.8. The molecule has 0 amide bonds. The molecule has 112 valence electrons. The number of nitrogens with one attached hydrogen (secondary N) is 1. The van der Waals surface area contributed by atoms with Crippen molar-refractivity contribution < 1.29 is 9.47 Å². The lowest BCUT2D eigenvalue weighted by Gasteiger charge is -2.05. The van der Waals surface area contributed by atoms with Gasteiger partial charge in [0.25, 0.3) is 0 Å². The lowest BCUT2D eigenvalue weighted by molar-refractivity contribution is 0.394. The number of ether oxygens (including phenoxy) is 2. The van der Waals surface area contributed by atoms with E-state index in [2.05, 4.69) is 25.6 Å². The second-order valence-electron chi connectivity index (χ2n) is 4.47. The van der Waals surface area contributed by atoms with Gasteiger partial charge in [-0.25, -0.2) is 0 Å². The second kappa shape index (κ2) is 5.68. The zero-order valence-electron chi connectivity index (χ0n) is 12.1. The number of benzene rings is 2. The number of nitrogens with zero attached hydrogens (tertiary/aromatic N) is 4. The summed E-state index contributed by atoms with van der Waals surface area (Å²) in [5.74, 6) is 1.25. The number of hydrogen-bond donors (Lipinski definition) is 2. The van der Waals surface area contributed by atoms with Gasteiger partial charge in [0.1, 0.15) is 28.2 Å². The Kier molecular flexibility index (Phi) is 3.57. The van der Waals surface area contributed by atoms with E-state index < -0.39 is 0 Å². The van der Waals surface area contributed by atoms with Crippen molar-refractivity contribution in [2.24, 2.45) is 10.2 Å². The number of methoxy groups -OCH3 is 2. The van der Waals surface area contributed by atoms with E-state index in [-0.39, 0.29) is 0 Å². The number of rotatable bonds is 4. The van der Waals surface area contributed by atoms with Crippen molar-refractivity contribution in [3.05, 3.63) is 30.3 Å². The Bertz CT molecular complexity index is 820. The van der Waals surface area contributed by atoms with E-state index in [9.17, 15) is 0 Å². The van der Waals surface area contributed by atoms with Crippen molar-refractivity contribution in [1.29, 1.82) is 0 Å². The van der Waals surface area contributed by atoms with Crippen LogP contribution in [0, 0.1) is 0 Å². The molecule has 2 aromatic carbocycles. The number of anilines is 1. The first-order chi connectivity index (χ1) is 10.7. The van der Waals surface area contributed by atoms with Crippen molar-refractivity contribution in [3.63, 3.8) is 0 Å². The molecule has 0 aliphatic carbocycles. The minimum atomic E-state index is 0.466. The summed E-state index contributed by atoms with van der Waals surface area (Å²) in [5, 5.41) is 19.0. The quantitative estimate of drug-likeness (QED) is 0.568. The maximum Gasteiger partial charge on any atom is 0.142 e. The zero-order chi connectivity index (χ0) is 15.5. The predicted molar refractivity (Wildman–Crippen MR) is 82.0 cm³/mol. The molecular weight excluding hydrogens is 284 g/mol. The second-order valence-corrected chi connectivity index (χ2v) is 4.47. The number of nitrogens with two attached hydrogens (primary N) is 1. The average Bonchev–Trinajstić information content (AvgIpc) is 3.02. The molecule has 3 N–H and O–H groups in total. The normalized spacial score (nSPS) is 11.2. The van der Waals surface area contributed by atoms with Crippen molar-refractivity contribution in [3.8, 4) is 11.5 Å². The van der Waals surface area contributed by atoms with E-state index in [0.717, 1.165) is 0 Å². The van der Waals surface area contributed by atoms with Crippen LogP contribution in [0.2, 0.25) is 0 Å². The van der Waals surface area contributed by atoms with E-state index >= 15 is 0 Å². The minimum Gasteiger partial charge on any atom is -0.497 e. The Labute approximate surface area is 125 Å². The molecule has 0 aliphatic heterocycles. The van der Waals surface area contributed by atoms with E-state index in [1.807, 2.05) is 0 Å². The van der Waals surface area contributed by atoms with Gasteiger partial charge in [0.2, 0.25) is 0 Å². The van der Waals surface area contributed by atoms with Crippen LogP contribution in [0.1, 0.15) is 0 Å². The summed E-state index contributed by atoms with van der Waals surface area (Å²) in [6.07, 6.45) is 0. The Morgan fingerprint density at radius 1 is 1.00 bits per heavy atom. The summed E-state index contributed by atoms with van der Waals surface area (Å²) in [5.41, 5.74) is 8.70. The van der Waals surface area contributed by atoms with Crippen molar-refractivity contribution in [2.75, 3.05) is 20.0 Å².